The zero-order valence-electron chi connectivity index (χ0n) is 19.0. The van der Waals surface area contributed by atoms with E-state index in [4.69, 9.17) is 14.2 Å². The van der Waals surface area contributed by atoms with Crippen LogP contribution in [0.15, 0.2) is 36.7 Å². The number of hydrogen-bond acceptors (Lipinski definition) is 9. The van der Waals surface area contributed by atoms with Gasteiger partial charge in [-0.05, 0) is 25.0 Å². The van der Waals surface area contributed by atoms with Gasteiger partial charge in [-0.1, -0.05) is 0 Å². The van der Waals surface area contributed by atoms with Gasteiger partial charge in [-0.2, -0.15) is 0 Å². The van der Waals surface area contributed by atoms with Crippen LogP contribution < -0.4 is 30.2 Å². The van der Waals surface area contributed by atoms with Crippen LogP contribution >= 0.6 is 0 Å². The van der Waals surface area contributed by atoms with Gasteiger partial charge >= 0.3 is 0 Å². The molecule has 2 atom stereocenters. The lowest BCUT2D eigenvalue weighted by Gasteiger charge is -2.30. The summed E-state index contributed by atoms with van der Waals surface area (Å²) in [5.41, 5.74) is 2.87. The molecular formula is C24H28N6O4. The van der Waals surface area contributed by atoms with Crippen LogP contribution in [-0.4, -0.2) is 59.8 Å². The Hall–Kier alpha value is -3.50. The van der Waals surface area contributed by atoms with Crippen LogP contribution in [0, 0.1) is 0 Å². The normalized spacial score (nSPS) is 19.6. The van der Waals surface area contributed by atoms with Crippen LogP contribution in [0.1, 0.15) is 25.0 Å². The van der Waals surface area contributed by atoms with E-state index in [2.05, 4.69) is 30.9 Å². The van der Waals surface area contributed by atoms with E-state index in [0.29, 0.717) is 60.6 Å². The number of carbonyl (C=O) groups is 1. The highest BCUT2D eigenvalue weighted by Gasteiger charge is 2.23. The third kappa shape index (κ3) is 5.18. The van der Waals surface area contributed by atoms with Crippen LogP contribution in [0.2, 0.25) is 0 Å². The quantitative estimate of drug-likeness (QED) is 0.482. The van der Waals surface area contributed by atoms with Crippen molar-refractivity contribution in [3.63, 3.8) is 0 Å². The molecule has 34 heavy (non-hydrogen) atoms. The van der Waals surface area contributed by atoms with Crippen molar-refractivity contribution in [2.45, 2.75) is 37.9 Å². The van der Waals surface area contributed by atoms with Gasteiger partial charge in [0.25, 0.3) is 0 Å². The largest absolute Gasteiger partial charge is 0.486 e. The van der Waals surface area contributed by atoms with Crippen molar-refractivity contribution >= 4 is 22.6 Å². The van der Waals surface area contributed by atoms with E-state index in [9.17, 15) is 4.79 Å². The second-order valence-electron chi connectivity index (χ2n) is 8.41. The summed E-state index contributed by atoms with van der Waals surface area (Å²) in [7, 11) is 1.56. The minimum atomic E-state index is -0.0542. The first-order valence-corrected chi connectivity index (χ1v) is 11.5. The topological polar surface area (TPSA) is 120 Å². The molecule has 0 saturated carbocycles. The van der Waals surface area contributed by atoms with Gasteiger partial charge in [0, 0.05) is 49.9 Å². The summed E-state index contributed by atoms with van der Waals surface area (Å²) in [6, 6.07) is 7.70. The molecule has 3 aromatic heterocycles. The predicted octanol–water partition coefficient (Wildman–Crippen LogP) is 2.04. The summed E-state index contributed by atoms with van der Waals surface area (Å²) in [5, 5.41) is 10.0. The van der Waals surface area contributed by atoms with Gasteiger partial charge in [0.1, 0.15) is 18.7 Å². The summed E-state index contributed by atoms with van der Waals surface area (Å²) in [4.78, 5) is 25.9. The van der Waals surface area contributed by atoms with Crippen molar-refractivity contribution < 1.29 is 19.0 Å². The number of nitrogens with one attached hydrogen (secondary N) is 3. The SMILES string of the molecule is COc1ccc2nccc(NC(=O)C[C@H]3CC[C@H](NCc4cc5c(cn4)OCCO5)CN3)c2n1. The molecule has 0 bridgehead atoms. The third-order valence-corrected chi connectivity index (χ3v) is 6.05. The molecule has 3 N–H and O–H groups in total. The average molecular weight is 465 g/mol. The highest BCUT2D eigenvalue weighted by Crippen LogP contribution is 2.29. The Morgan fingerprint density at radius 2 is 2.06 bits per heavy atom. The number of hydrogen-bond donors (Lipinski definition) is 3. The van der Waals surface area contributed by atoms with E-state index < -0.39 is 0 Å². The lowest BCUT2D eigenvalue weighted by molar-refractivity contribution is -0.116. The fraction of sp³-hybridized carbons (Fsp3) is 0.417. The Morgan fingerprint density at radius 3 is 2.88 bits per heavy atom. The lowest BCUT2D eigenvalue weighted by atomic mass is 9.98. The van der Waals surface area contributed by atoms with Crippen LogP contribution in [0.4, 0.5) is 5.69 Å². The number of fused-ring (bicyclic) bond motifs is 2. The van der Waals surface area contributed by atoms with Crippen molar-refractivity contribution in [1.29, 1.82) is 0 Å². The Kier molecular flexibility index (Phi) is 6.68. The number of piperidine rings is 1. The Bertz CT molecular complexity index is 1170. The maximum atomic E-state index is 12.7. The van der Waals surface area contributed by atoms with Crippen LogP contribution in [0.25, 0.3) is 11.0 Å². The Balaban J connectivity index is 1.10. The number of pyridine rings is 3. The van der Waals surface area contributed by atoms with Crippen LogP contribution in [0.5, 0.6) is 17.4 Å². The van der Waals surface area contributed by atoms with Gasteiger partial charge in [0.05, 0.1) is 30.2 Å². The summed E-state index contributed by atoms with van der Waals surface area (Å²) >= 11 is 0. The standard InChI is InChI=1S/C24H28N6O4/c1-32-23-5-4-18-24(30-23)19(6-7-25-18)29-22(31)11-15-2-3-16(12-26-15)27-13-17-10-20-21(14-28-17)34-9-8-33-20/h4-7,10,14-16,26-27H,2-3,8-9,11-13H2,1H3,(H,25,29,31)/t15-,16+/m1/s1. The molecule has 0 unspecified atom stereocenters. The Labute approximate surface area is 197 Å². The maximum Gasteiger partial charge on any atom is 0.225 e. The van der Waals surface area contributed by atoms with E-state index >= 15 is 0 Å². The number of carbonyl (C=O) groups excluding carboxylic acids is 1. The Morgan fingerprint density at radius 1 is 1.18 bits per heavy atom. The van der Waals surface area contributed by atoms with E-state index in [1.54, 1.807) is 31.6 Å². The van der Waals surface area contributed by atoms with E-state index in [-0.39, 0.29) is 11.9 Å². The molecule has 1 fully saturated rings. The first kappa shape index (κ1) is 22.3. The van der Waals surface area contributed by atoms with E-state index in [1.807, 2.05) is 12.1 Å². The zero-order chi connectivity index (χ0) is 23.3. The first-order chi connectivity index (χ1) is 16.7. The second kappa shape index (κ2) is 10.2. The maximum absolute atomic E-state index is 12.7. The number of ether oxygens (including phenoxy) is 3. The monoisotopic (exact) mass is 464 g/mol. The molecule has 2 aliphatic rings. The fourth-order valence-corrected chi connectivity index (χ4v) is 4.25. The van der Waals surface area contributed by atoms with Crippen molar-refractivity contribution in [2.24, 2.45) is 0 Å². The molecule has 0 aliphatic carbocycles. The lowest BCUT2D eigenvalue weighted by Crippen LogP contribution is -2.48. The highest BCUT2D eigenvalue weighted by atomic mass is 16.6. The molecule has 0 aromatic carbocycles. The van der Waals surface area contributed by atoms with Crippen molar-refractivity contribution in [1.82, 2.24) is 25.6 Å². The first-order valence-electron chi connectivity index (χ1n) is 11.5. The number of amides is 1. The summed E-state index contributed by atoms with van der Waals surface area (Å²) < 4.78 is 16.4. The second-order valence-corrected chi connectivity index (χ2v) is 8.41. The summed E-state index contributed by atoms with van der Waals surface area (Å²) in [5.74, 6) is 1.88. The molecule has 1 saturated heterocycles. The fourth-order valence-electron chi connectivity index (χ4n) is 4.25. The van der Waals surface area contributed by atoms with Gasteiger partial charge in [-0.25, -0.2) is 4.98 Å². The molecule has 5 rings (SSSR count). The summed E-state index contributed by atoms with van der Waals surface area (Å²) in [6.45, 7) is 2.57. The number of rotatable bonds is 7. The molecule has 0 spiro atoms. The van der Waals surface area contributed by atoms with Gasteiger partial charge in [0.15, 0.2) is 11.5 Å². The van der Waals surface area contributed by atoms with Crippen molar-refractivity contribution in [3.8, 4) is 17.4 Å². The van der Waals surface area contributed by atoms with Crippen molar-refractivity contribution in [3.05, 3.63) is 42.4 Å². The predicted molar refractivity (Wildman–Crippen MR) is 126 cm³/mol. The van der Waals surface area contributed by atoms with Crippen LogP contribution in [0.3, 0.4) is 0 Å². The third-order valence-electron chi connectivity index (χ3n) is 6.05. The minimum Gasteiger partial charge on any atom is -0.486 e. The van der Waals surface area contributed by atoms with Gasteiger partial charge in [-0.3, -0.25) is 14.8 Å². The zero-order valence-corrected chi connectivity index (χ0v) is 19.0. The number of anilines is 1. The molecule has 178 valence electrons. The minimum absolute atomic E-state index is 0.0542. The number of nitrogens with zero attached hydrogens (tertiary/aromatic N) is 3. The molecule has 0 radical (unpaired) electrons. The molecule has 10 heteroatoms. The smallest absolute Gasteiger partial charge is 0.225 e. The van der Waals surface area contributed by atoms with Crippen LogP contribution in [-0.2, 0) is 11.3 Å². The summed E-state index contributed by atoms with van der Waals surface area (Å²) in [6.07, 6.45) is 5.66. The molecule has 10 nitrogen and oxygen atoms in total. The van der Waals surface area contributed by atoms with Gasteiger partial charge in [-0.15, -0.1) is 0 Å². The number of methoxy groups -OCH3 is 1. The number of aromatic nitrogens is 3. The van der Waals surface area contributed by atoms with Gasteiger partial charge < -0.3 is 30.2 Å². The molecular weight excluding hydrogens is 436 g/mol. The van der Waals surface area contributed by atoms with E-state index in [1.165, 1.54) is 0 Å². The van der Waals surface area contributed by atoms with Gasteiger partial charge in [0.2, 0.25) is 11.8 Å². The van der Waals surface area contributed by atoms with E-state index in [0.717, 1.165) is 30.8 Å². The molecule has 1 amide bonds. The average Bonchev–Trinajstić information content (AvgIpc) is 2.88. The highest BCUT2D eigenvalue weighted by molar-refractivity contribution is 5.99. The molecule has 2 aliphatic heterocycles. The van der Waals surface area contributed by atoms with Crippen molar-refractivity contribution in [2.75, 3.05) is 32.2 Å². The molecule has 5 heterocycles. The molecule has 3 aromatic rings.